The minimum Gasteiger partial charge on any atom is -0.352 e. The summed E-state index contributed by atoms with van der Waals surface area (Å²) in [5.41, 5.74) is 0.516. The van der Waals surface area contributed by atoms with Crippen LogP contribution in [0, 0.1) is 18.6 Å². The van der Waals surface area contributed by atoms with Gasteiger partial charge in [-0.05, 0) is 44.4 Å². The fourth-order valence-electron chi connectivity index (χ4n) is 1.86. The molecule has 1 fully saturated rings. The fraction of sp³-hybridized carbons (Fsp3) is 0.500. The Bertz CT molecular complexity index is 487. The Morgan fingerprint density at radius 1 is 1.37 bits per heavy atom. The zero-order chi connectivity index (χ0) is 14.0. The van der Waals surface area contributed by atoms with E-state index in [1.54, 1.807) is 6.92 Å². The van der Waals surface area contributed by atoms with E-state index in [1.165, 1.54) is 19.1 Å². The minimum atomic E-state index is -0.457. The first-order chi connectivity index (χ1) is 8.97. The molecular formula is C14H18F2N2O. The number of rotatable bonds is 5. The van der Waals surface area contributed by atoms with Crippen molar-refractivity contribution in [2.45, 2.75) is 38.8 Å². The lowest BCUT2D eigenvalue weighted by atomic mass is 10.1. The molecule has 0 spiro atoms. The number of hydrogen-bond donors (Lipinski definition) is 2. The zero-order valence-corrected chi connectivity index (χ0v) is 11.1. The molecule has 0 heterocycles. The molecule has 5 heteroatoms. The third-order valence-corrected chi connectivity index (χ3v) is 3.26. The third kappa shape index (κ3) is 3.73. The second-order valence-electron chi connectivity index (χ2n) is 5.07. The maximum Gasteiger partial charge on any atom is 0.234 e. The maximum absolute atomic E-state index is 13.7. The van der Waals surface area contributed by atoms with E-state index in [9.17, 15) is 13.6 Å². The van der Waals surface area contributed by atoms with E-state index in [-0.39, 0.29) is 23.6 Å². The van der Waals surface area contributed by atoms with Crippen molar-refractivity contribution in [3.05, 3.63) is 34.9 Å². The Kier molecular flexibility index (Phi) is 4.14. The molecule has 1 aliphatic rings. The highest BCUT2D eigenvalue weighted by molar-refractivity contribution is 5.78. The lowest BCUT2D eigenvalue weighted by Gasteiger charge is -2.15. The van der Waals surface area contributed by atoms with Crippen LogP contribution in [-0.2, 0) is 4.79 Å². The summed E-state index contributed by atoms with van der Waals surface area (Å²) in [6.45, 7) is 3.33. The Morgan fingerprint density at radius 2 is 2.05 bits per heavy atom. The normalized spacial score (nSPS) is 16.2. The van der Waals surface area contributed by atoms with Crippen LogP contribution in [0.1, 0.15) is 36.9 Å². The van der Waals surface area contributed by atoms with E-state index in [4.69, 9.17) is 0 Å². The Balaban J connectivity index is 1.93. The number of carbonyl (C=O) groups excluding carboxylic acids is 1. The van der Waals surface area contributed by atoms with Gasteiger partial charge in [-0.3, -0.25) is 4.79 Å². The summed E-state index contributed by atoms with van der Waals surface area (Å²) in [6.07, 6.45) is 2.05. The fourth-order valence-corrected chi connectivity index (χ4v) is 1.86. The number of aryl methyl sites for hydroxylation is 1. The molecule has 1 aromatic carbocycles. The van der Waals surface area contributed by atoms with Gasteiger partial charge in [0.2, 0.25) is 5.91 Å². The van der Waals surface area contributed by atoms with Crippen molar-refractivity contribution in [3.63, 3.8) is 0 Å². The summed E-state index contributed by atoms with van der Waals surface area (Å²) < 4.78 is 27.1. The van der Waals surface area contributed by atoms with Crippen molar-refractivity contribution in [1.82, 2.24) is 10.6 Å². The van der Waals surface area contributed by atoms with Crippen LogP contribution in [-0.4, -0.2) is 18.5 Å². The van der Waals surface area contributed by atoms with Gasteiger partial charge < -0.3 is 10.6 Å². The topological polar surface area (TPSA) is 41.1 Å². The predicted molar refractivity (Wildman–Crippen MR) is 68.7 cm³/mol. The van der Waals surface area contributed by atoms with Crippen molar-refractivity contribution >= 4 is 5.91 Å². The summed E-state index contributed by atoms with van der Waals surface area (Å²) in [7, 11) is 0. The summed E-state index contributed by atoms with van der Waals surface area (Å²) in [5.74, 6) is -1.00. The quantitative estimate of drug-likeness (QED) is 0.859. The van der Waals surface area contributed by atoms with Crippen molar-refractivity contribution in [1.29, 1.82) is 0 Å². The van der Waals surface area contributed by atoms with Gasteiger partial charge in [0.1, 0.15) is 11.6 Å². The SMILES string of the molecule is Cc1cc(F)c(C(C)NCC(=O)NC2CC2)cc1F. The van der Waals surface area contributed by atoms with Crippen molar-refractivity contribution < 1.29 is 13.6 Å². The molecule has 1 atom stereocenters. The van der Waals surface area contributed by atoms with E-state index in [1.807, 2.05) is 0 Å². The summed E-state index contributed by atoms with van der Waals surface area (Å²) in [6, 6.07) is 2.24. The monoisotopic (exact) mass is 268 g/mol. The highest BCUT2D eigenvalue weighted by atomic mass is 19.1. The summed E-state index contributed by atoms with van der Waals surface area (Å²) >= 11 is 0. The highest BCUT2D eigenvalue weighted by Gasteiger charge is 2.23. The number of halogens is 2. The molecule has 0 aliphatic heterocycles. The molecule has 1 aliphatic carbocycles. The molecule has 1 aromatic rings. The molecule has 1 amide bonds. The number of nitrogens with one attached hydrogen (secondary N) is 2. The van der Waals surface area contributed by atoms with Gasteiger partial charge in [0, 0.05) is 17.6 Å². The number of carbonyl (C=O) groups is 1. The third-order valence-electron chi connectivity index (χ3n) is 3.26. The van der Waals surface area contributed by atoms with Crippen molar-refractivity contribution in [3.8, 4) is 0 Å². The number of benzene rings is 1. The van der Waals surface area contributed by atoms with E-state index in [2.05, 4.69) is 10.6 Å². The maximum atomic E-state index is 13.7. The van der Waals surface area contributed by atoms with E-state index >= 15 is 0 Å². The van der Waals surface area contributed by atoms with Gasteiger partial charge in [-0.25, -0.2) is 8.78 Å². The van der Waals surface area contributed by atoms with Crippen LogP contribution in [0.4, 0.5) is 8.78 Å². The van der Waals surface area contributed by atoms with Crippen LogP contribution in [0.15, 0.2) is 12.1 Å². The smallest absolute Gasteiger partial charge is 0.234 e. The van der Waals surface area contributed by atoms with Gasteiger partial charge in [-0.1, -0.05) is 0 Å². The van der Waals surface area contributed by atoms with E-state index in [0.29, 0.717) is 6.04 Å². The molecule has 0 saturated heterocycles. The van der Waals surface area contributed by atoms with Gasteiger partial charge in [-0.2, -0.15) is 0 Å². The number of hydrogen-bond acceptors (Lipinski definition) is 2. The van der Waals surface area contributed by atoms with Gasteiger partial charge >= 0.3 is 0 Å². The molecule has 0 aromatic heterocycles. The molecule has 1 saturated carbocycles. The average molecular weight is 268 g/mol. The van der Waals surface area contributed by atoms with Gasteiger partial charge in [0.15, 0.2) is 0 Å². The molecule has 2 rings (SSSR count). The first kappa shape index (κ1) is 13.9. The molecular weight excluding hydrogens is 250 g/mol. The first-order valence-electron chi connectivity index (χ1n) is 6.45. The predicted octanol–water partition coefficient (Wildman–Crippen LogP) is 2.20. The Hall–Kier alpha value is -1.49. The summed E-state index contributed by atoms with van der Waals surface area (Å²) in [4.78, 5) is 11.5. The van der Waals surface area contributed by atoms with Crippen LogP contribution < -0.4 is 10.6 Å². The molecule has 104 valence electrons. The van der Waals surface area contributed by atoms with Gasteiger partial charge in [0.05, 0.1) is 6.54 Å². The Morgan fingerprint density at radius 3 is 2.68 bits per heavy atom. The minimum absolute atomic E-state index is 0.104. The van der Waals surface area contributed by atoms with Crippen LogP contribution in [0.2, 0.25) is 0 Å². The van der Waals surface area contributed by atoms with Crippen LogP contribution in [0.25, 0.3) is 0 Å². The molecule has 3 nitrogen and oxygen atoms in total. The molecule has 19 heavy (non-hydrogen) atoms. The van der Waals surface area contributed by atoms with Crippen LogP contribution in [0.3, 0.4) is 0 Å². The second-order valence-corrected chi connectivity index (χ2v) is 5.07. The molecule has 0 radical (unpaired) electrons. The van der Waals surface area contributed by atoms with Crippen LogP contribution >= 0.6 is 0 Å². The molecule has 1 unspecified atom stereocenters. The lowest BCUT2D eigenvalue weighted by molar-refractivity contribution is -0.120. The Labute approximate surface area is 111 Å². The first-order valence-corrected chi connectivity index (χ1v) is 6.45. The lowest BCUT2D eigenvalue weighted by Crippen LogP contribution is -2.36. The highest BCUT2D eigenvalue weighted by Crippen LogP contribution is 2.21. The standard InChI is InChI=1S/C14H18F2N2O/c1-8-5-13(16)11(6-12(8)15)9(2)17-7-14(19)18-10-3-4-10/h5-6,9-10,17H,3-4,7H2,1-2H3,(H,18,19). The number of amides is 1. The molecule has 2 N–H and O–H groups in total. The van der Waals surface area contributed by atoms with E-state index in [0.717, 1.165) is 12.8 Å². The van der Waals surface area contributed by atoms with E-state index < -0.39 is 17.7 Å². The van der Waals surface area contributed by atoms with Crippen molar-refractivity contribution in [2.24, 2.45) is 0 Å². The summed E-state index contributed by atoms with van der Waals surface area (Å²) in [5, 5.41) is 5.73. The molecule has 0 bridgehead atoms. The average Bonchev–Trinajstić information content (AvgIpc) is 3.14. The van der Waals surface area contributed by atoms with Gasteiger partial charge in [0.25, 0.3) is 0 Å². The second kappa shape index (κ2) is 5.65. The van der Waals surface area contributed by atoms with Gasteiger partial charge in [-0.15, -0.1) is 0 Å². The van der Waals surface area contributed by atoms with Crippen LogP contribution in [0.5, 0.6) is 0 Å². The largest absolute Gasteiger partial charge is 0.352 e. The van der Waals surface area contributed by atoms with Crippen molar-refractivity contribution in [2.75, 3.05) is 6.54 Å². The zero-order valence-electron chi connectivity index (χ0n) is 11.1.